The molecule has 1 aliphatic carbocycles. The molecule has 112 valence electrons. The van der Waals surface area contributed by atoms with Gasteiger partial charge in [0, 0.05) is 0 Å². The molecule has 3 nitrogen and oxygen atoms in total. The standard InChI is InChI=1S/C14H19F2NO2S/c15-12-7-6-11(8-13(12)16)20(18,19)14-5-3-1-2-4-10(14)9-17/h6-8,10,14H,1-5,9,17H2. The Labute approximate surface area is 118 Å². The monoisotopic (exact) mass is 303 g/mol. The van der Waals surface area contributed by atoms with Crippen molar-refractivity contribution in [1.29, 1.82) is 0 Å². The number of nitrogens with two attached hydrogens (primary N) is 1. The molecule has 20 heavy (non-hydrogen) atoms. The fourth-order valence-electron chi connectivity index (χ4n) is 2.86. The smallest absolute Gasteiger partial charge is 0.181 e. The maximum atomic E-state index is 13.3. The molecule has 2 rings (SSSR count). The predicted octanol–water partition coefficient (Wildman–Crippen LogP) is 2.65. The molecular weight excluding hydrogens is 284 g/mol. The van der Waals surface area contributed by atoms with Gasteiger partial charge in [0.2, 0.25) is 0 Å². The molecule has 0 heterocycles. The molecule has 1 aromatic carbocycles. The summed E-state index contributed by atoms with van der Waals surface area (Å²) in [5.74, 6) is -2.29. The minimum Gasteiger partial charge on any atom is -0.330 e. The van der Waals surface area contributed by atoms with E-state index >= 15 is 0 Å². The number of halogens is 2. The average Bonchev–Trinajstić information content (AvgIpc) is 2.67. The van der Waals surface area contributed by atoms with Gasteiger partial charge in [-0.25, -0.2) is 17.2 Å². The van der Waals surface area contributed by atoms with E-state index in [9.17, 15) is 17.2 Å². The first-order valence-corrected chi connectivity index (χ1v) is 8.40. The van der Waals surface area contributed by atoms with Crippen molar-refractivity contribution < 1.29 is 17.2 Å². The van der Waals surface area contributed by atoms with Gasteiger partial charge in [-0.2, -0.15) is 0 Å². The van der Waals surface area contributed by atoms with Gasteiger partial charge in [-0.15, -0.1) is 0 Å². The van der Waals surface area contributed by atoms with E-state index in [2.05, 4.69) is 0 Å². The SMILES string of the molecule is NCC1CCCCCC1S(=O)(=O)c1ccc(F)c(F)c1. The lowest BCUT2D eigenvalue weighted by atomic mass is 10.0. The van der Waals surface area contributed by atoms with E-state index in [0.29, 0.717) is 13.0 Å². The molecule has 2 atom stereocenters. The molecular formula is C14H19F2NO2S. The van der Waals surface area contributed by atoms with Crippen molar-refractivity contribution in [3.63, 3.8) is 0 Å². The second-order valence-corrected chi connectivity index (χ2v) is 7.46. The molecule has 0 aliphatic heterocycles. The van der Waals surface area contributed by atoms with Gasteiger partial charge in [0.25, 0.3) is 0 Å². The summed E-state index contributed by atoms with van der Waals surface area (Å²) in [6, 6.07) is 2.76. The van der Waals surface area contributed by atoms with Crippen LogP contribution in [0.15, 0.2) is 23.1 Å². The Morgan fingerprint density at radius 3 is 2.45 bits per heavy atom. The average molecular weight is 303 g/mol. The molecule has 0 saturated heterocycles. The van der Waals surface area contributed by atoms with Crippen LogP contribution in [0.4, 0.5) is 8.78 Å². The first-order chi connectivity index (χ1) is 9.46. The van der Waals surface area contributed by atoms with Gasteiger partial charge in [0.05, 0.1) is 10.1 Å². The molecule has 1 saturated carbocycles. The van der Waals surface area contributed by atoms with Crippen LogP contribution < -0.4 is 5.73 Å². The third-order valence-electron chi connectivity index (χ3n) is 4.01. The summed E-state index contributed by atoms with van der Waals surface area (Å²) >= 11 is 0. The summed E-state index contributed by atoms with van der Waals surface area (Å²) in [5.41, 5.74) is 5.69. The van der Waals surface area contributed by atoms with Crippen molar-refractivity contribution in [3.8, 4) is 0 Å². The topological polar surface area (TPSA) is 60.2 Å². The third-order valence-corrected chi connectivity index (χ3v) is 6.34. The van der Waals surface area contributed by atoms with E-state index in [-0.39, 0.29) is 10.8 Å². The number of hydrogen-bond acceptors (Lipinski definition) is 3. The summed E-state index contributed by atoms with van der Waals surface area (Å²) in [6.07, 6.45) is 4.07. The Kier molecular flexibility index (Phi) is 4.75. The van der Waals surface area contributed by atoms with Crippen LogP contribution in [0, 0.1) is 17.6 Å². The van der Waals surface area contributed by atoms with Crippen molar-refractivity contribution in [2.75, 3.05) is 6.54 Å². The molecule has 0 amide bonds. The van der Waals surface area contributed by atoms with Gasteiger partial charge in [-0.1, -0.05) is 19.3 Å². The lowest BCUT2D eigenvalue weighted by molar-refractivity contribution is 0.455. The van der Waals surface area contributed by atoms with Gasteiger partial charge in [-0.3, -0.25) is 0 Å². The summed E-state index contributed by atoms with van der Waals surface area (Å²) < 4.78 is 51.5. The van der Waals surface area contributed by atoms with Crippen LogP contribution >= 0.6 is 0 Å². The second-order valence-electron chi connectivity index (χ2n) is 5.29. The zero-order chi connectivity index (χ0) is 14.8. The van der Waals surface area contributed by atoms with E-state index in [4.69, 9.17) is 5.73 Å². The maximum Gasteiger partial charge on any atom is 0.181 e. The normalized spacial score (nSPS) is 24.4. The predicted molar refractivity (Wildman–Crippen MR) is 73.0 cm³/mol. The van der Waals surface area contributed by atoms with Crippen molar-refractivity contribution in [2.45, 2.75) is 42.2 Å². The van der Waals surface area contributed by atoms with Gasteiger partial charge in [0.15, 0.2) is 21.5 Å². The van der Waals surface area contributed by atoms with Crippen LogP contribution in [0.2, 0.25) is 0 Å². The number of benzene rings is 1. The largest absolute Gasteiger partial charge is 0.330 e. The highest BCUT2D eigenvalue weighted by Crippen LogP contribution is 2.32. The highest BCUT2D eigenvalue weighted by atomic mass is 32.2. The van der Waals surface area contributed by atoms with Crippen LogP contribution in [0.1, 0.15) is 32.1 Å². The lowest BCUT2D eigenvalue weighted by Crippen LogP contribution is -2.34. The Morgan fingerprint density at radius 1 is 1.10 bits per heavy atom. The van der Waals surface area contributed by atoms with Crippen molar-refractivity contribution in [1.82, 2.24) is 0 Å². The quantitative estimate of drug-likeness (QED) is 0.690. The van der Waals surface area contributed by atoms with E-state index in [1.165, 1.54) is 0 Å². The molecule has 0 aromatic heterocycles. The molecule has 6 heteroatoms. The van der Waals surface area contributed by atoms with Crippen LogP contribution in [-0.4, -0.2) is 20.2 Å². The minimum atomic E-state index is -3.67. The van der Waals surface area contributed by atoms with Crippen LogP contribution in [0.25, 0.3) is 0 Å². The highest BCUT2D eigenvalue weighted by Gasteiger charge is 2.35. The van der Waals surface area contributed by atoms with Crippen molar-refractivity contribution in [2.24, 2.45) is 11.7 Å². The fourth-order valence-corrected chi connectivity index (χ4v) is 4.96. The molecule has 0 bridgehead atoms. The Balaban J connectivity index is 2.38. The van der Waals surface area contributed by atoms with E-state index in [1.54, 1.807) is 0 Å². The second kappa shape index (κ2) is 6.18. The summed E-state index contributed by atoms with van der Waals surface area (Å²) in [4.78, 5) is -0.151. The Morgan fingerprint density at radius 2 is 1.80 bits per heavy atom. The fraction of sp³-hybridized carbons (Fsp3) is 0.571. The van der Waals surface area contributed by atoms with Gasteiger partial charge in [-0.05, 0) is 43.5 Å². The zero-order valence-electron chi connectivity index (χ0n) is 11.2. The number of hydrogen-bond donors (Lipinski definition) is 1. The van der Waals surface area contributed by atoms with Crippen molar-refractivity contribution >= 4 is 9.84 Å². The molecule has 1 aromatic rings. The first-order valence-electron chi connectivity index (χ1n) is 6.86. The van der Waals surface area contributed by atoms with Crippen LogP contribution in [0.3, 0.4) is 0 Å². The van der Waals surface area contributed by atoms with Crippen LogP contribution in [-0.2, 0) is 9.84 Å². The van der Waals surface area contributed by atoms with E-state index in [1.807, 2.05) is 0 Å². The minimum absolute atomic E-state index is 0.115. The lowest BCUT2D eigenvalue weighted by Gasteiger charge is -2.23. The number of rotatable bonds is 3. The molecule has 0 radical (unpaired) electrons. The van der Waals surface area contributed by atoms with E-state index < -0.39 is 26.7 Å². The first kappa shape index (κ1) is 15.4. The highest BCUT2D eigenvalue weighted by molar-refractivity contribution is 7.92. The summed E-state index contributed by atoms with van der Waals surface area (Å²) in [5, 5.41) is -0.597. The molecule has 1 aliphatic rings. The third kappa shape index (κ3) is 3.01. The van der Waals surface area contributed by atoms with Gasteiger partial charge < -0.3 is 5.73 Å². The van der Waals surface area contributed by atoms with Crippen molar-refractivity contribution in [3.05, 3.63) is 29.8 Å². The molecule has 2 unspecified atom stereocenters. The molecule has 1 fully saturated rings. The summed E-state index contributed by atoms with van der Waals surface area (Å²) in [7, 11) is -3.67. The molecule has 2 N–H and O–H groups in total. The molecule has 0 spiro atoms. The summed E-state index contributed by atoms with van der Waals surface area (Å²) in [6.45, 7) is 0.299. The van der Waals surface area contributed by atoms with Gasteiger partial charge >= 0.3 is 0 Å². The van der Waals surface area contributed by atoms with E-state index in [0.717, 1.165) is 43.9 Å². The van der Waals surface area contributed by atoms with Crippen LogP contribution in [0.5, 0.6) is 0 Å². The Bertz CT molecular complexity index is 575. The number of sulfone groups is 1. The zero-order valence-corrected chi connectivity index (χ0v) is 12.0. The Hall–Kier alpha value is -1.01. The van der Waals surface area contributed by atoms with Gasteiger partial charge in [0.1, 0.15) is 0 Å². The maximum absolute atomic E-state index is 13.3.